The second-order valence-electron chi connectivity index (χ2n) is 10.6. The molecule has 0 spiro atoms. The average molecular weight is 489 g/mol. The van der Waals surface area contributed by atoms with Crippen LogP contribution in [0, 0.1) is 6.92 Å². The number of nitrogens with zero attached hydrogens (tertiary/aromatic N) is 3. The van der Waals surface area contributed by atoms with Gasteiger partial charge in [0.1, 0.15) is 17.9 Å². The molecule has 1 aliphatic carbocycles. The number of piperidine rings is 1. The zero-order chi connectivity index (χ0) is 24.8. The van der Waals surface area contributed by atoms with Gasteiger partial charge in [-0.3, -0.25) is 29.6 Å². The van der Waals surface area contributed by atoms with Crippen LogP contribution in [0.1, 0.15) is 71.5 Å². The van der Waals surface area contributed by atoms with Crippen LogP contribution in [0.3, 0.4) is 0 Å². The van der Waals surface area contributed by atoms with Gasteiger partial charge in [0.25, 0.3) is 5.91 Å². The van der Waals surface area contributed by atoms with Crippen molar-refractivity contribution in [3.8, 4) is 5.75 Å². The van der Waals surface area contributed by atoms with E-state index in [4.69, 9.17) is 4.74 Å². The molecular weight excluding hydrogens is 456 g/mol. The Labute approximate surface area is 211 Å². The number of carbonyl (C=O) groups is 3. The van der Waals surface area contributed by atoms with Crippen LogP contribution in [0.2, 0.25) is 0 Å². The van der Waals surface area contributed by atoms with Gasteiger partial charge in [-0.1, -0.05) is 6.42 Å². The number of ether oxygens (including phenoxy) is 1. The number of fused-ring (bicyclic) bond motifs is 1. The van der Waals surface area contributed by atoms with Crippen molar-refractivity contribution in [2.24, 2.45) is 0 Å². The van der Waals surface area contributed by atoms with Gasteiger partial charge in [-0.2, -0.15) is 0 Å². The summed E-state index contributed by atoms with van der Waals surface area (Å²) in [6.45, 7) is 4.60. The molecular formula is C28H32N4O4. The molecule has 8 heteroatoms. The molecule has 6 rings (SSSR count). The first-order chi connectivity index (χ1) is 17.5. The fraction of sp³-hybridized carbons (Fsp3) is 0.500. The quantitative estimate of drug-likeness (QED) is 0.651. The third kappa shape index (κ3) is 4.17. The highest BCUT2D eigenvalue weighted by Gasteiger charge is 2.41. The summed E-state index contributed by atoms with van der Waals surface area (Å²) in [6.07, 6.45) is 9.13. The molecule has 1 aromatic carbocycles. The van der Waals surface area contributed by atoms with E-state index in [1.807, 2.05) is 30.6 Å². The van der Waals surface area contributed by atoms with Crippen molar-refractivity contribution in [3.63, 3.8) is 0 Å². The highest BCUT2D eigenvalue weighted by Crippen LogP contribution is 2.37. The monoisotopic (exact) mass is 488 g/mol. The number of aromatic nitrogens is 1. The van der Waals surface area contributed by atoms with E-state index in [-0.39, 0.29) is 30.2 Å². The number of pyridine rings is 1. The summed E-state index contributed by atoms with van der Waals surface area (Å²) in [5.41, 5.74) is 4.16. The first-order valence-corrected chi connectivity index (χ1v) is 13.1. The lowest BCUT2D eigenvalue weighted by atomic mass is 9.83. The maximum atomic E-state index is 13.0. The van der Waals surface area contributed by atoms with Crippen LogP contribution in [-0.4, -0.2) is 63.8 Å². The number of carbonyl (C=O) groups excluding carboxylic acids is 3. The van der Waals surface area contributed by atoms with Crippen molar-refractivity contribution >= 4 is 17.7 Å². The molecule has 1 saturated carbocycles. The minimum atomic E-state index is -0.599. The number of aryl methyl sites for hydroxylation is 1. The fourth-order valence-electron chi connectivity index (χ4n) is 6.35. The zero-order valence-corrected chi connectivity index (χ0v) is 20.6. The van der Waals surface area contributed by atoms with Crippen molar-refractivity contribution in [3.05, 3.63) is 58.9 Å². The highest BCUT2D eigenvalue weighted by atomic mass is 16.5. The van der Waals surface area contributed by atoms with Crippen molar-refractivity contribution in [2.75, 3.05) is 13.1 Å². The lowest BCUT2D eigenvalue weighted by molar-refractivity contribution is -0.136. The molecule has 8 nitrogen and oxygen atoms in total. The molecule has 2 aromatic rings. The van der Waals surface area contributed by atoms with Crippen LogP contribution < -0.4 is 10.1 Å². The van der Waals surface area contributed by atoms with E-state index in [0.717, 1.165) is 43.7 Å². The number of hydrogen-bond donors (Lipinski definition) is 1. The van der Waals surface area contributed by atoms with E-state index in [9.17, 15) is 14.4 Å². The molecule has 1 unspecified atom stereocenters. The zero-order valence-electron chi connectivity index (χ0n) is 20.6. The van der Waals surface area contributed by atoms with Crippen LogP contribution >= 0.6 is 0 Å². The molecule has 188 valence electrons. The Morgan fingerprint density at radius 2 is 1.89 bits per heavy atom. The molecule has 3 aliphatic heterocycles. The van der Waals surface area contributed by atoms with Gasteiger partial charge in [0.05, 0.1) is 0 Å². The third-order valence-electron chi connectivity index (χ3n) is 8.33. The molecule has 1 aromatic heterocycles. The summed E-state index contributed by atoms with van der Waals surface area (Å²) in [5, 5.41) is 2.36. The minimum Gasteiger partial charge on any atom is -0.489 e. The van der Waals surface area contributed by atoms with Gasteiger partial charge >= 0.3 is 0 Å². The number of likely N-dealkylation sites (tertiary alicyclic amines) is 1. The van der Waals surface area contributed by atoms with Crippen LogP contribution in [-0.2, 0) is 16.1 Å². The third-order valence-corrected chi connectivity index (χ3v) is 8.33. The molecule has 3 fully saturated rings. The molecule has 2 saturated heterocycles. The molecule has 3 atom stereocenters. The summed E-state index contributed by atoms with van der Waals surface area (Å²) in [4.78, 5) is 45.2. The minimum absolute atomic E-state index is 0.125. The van der Waals surface area contributed by atoms with Gasteiger partial charge in [0.15, 0.2) is 0 Å². The number of nitrogens with one attached hydrogen (secondary N) is 1. The largest absolute Gasteiger partial charge is 0.489 e. The number of imide groups is 1. The second-order valence-corrected chi connectivity index (χ2v) is 10.6. The van der Waals surface area contributed by atoms with Gasteiger partial charge in [0.2, 0.25) is 11.8 Å². The van der Waals surface area contributed by atoms with Crippen LogP contribution in [0.25, 0.3) is 0 Å². The van der Waals surface area contributed by atoms with E-state index in [2.05, 4.69) is 28.2 Å². The molecule has 4 aliphatic rings. The van der Waals surface area contributed by atoms with E-state index in [1.54, 1.807) is 4.90 Å². The summed E-state index contributed by atoms with van der Waals surface area (Å²) < 4.78 is 6.56. The van der Waals surface area contributed by atoms with Crippen molar-refractivity contribution in [1.29, 1.82) is 0 Å². The Kier molecular flexibility index (Phi) is 5.99. The Morgan fingerprint density at radius 1 is 1.06 bits per heavy atom. The van der Waals surface area contributed by atoms with E-state index in [0.29, 0.717) is 30.5 Å². The summed E-state index contributed by atoms with van der Waals surface area (Å²) in [7, 11) is 0. The topological polar surface area (TPSA) is 91.8 Å². The fourth-order valence-corrected chi connectivity index (χ4v) is 6.35. The van der Waals surface area contributed by atoms with Gasteiger partial charge in [-0.05, 0) is 73.6 Å². The molecule has 4 heterocycles. The smallest absolute Gasteiger partial charge is 0.255 e. The van der Waals surface area contributed by atoms with Gasteiger partial charge in [-0.25, -0.2) is 0 Å². The Morgan fingerprint density at radius 3 is 2.69 bits per heavy atom. The first kappa shape index (κ1) is 23.2. The van der Waals surface area contributed by atoms with Gasteiger partial charge < -0.3 is 9.64 Å². The van der Waals surface area contributed by atoms with E-state index in [1.165, 1.54) is 17.5 Å². The predicted octanol–water partition coefficient (Wildman–Crippen LogP) is 2.94. The Balaban J connectivity index is 1.12. The number of benzene rings is 1. The Bertz CT molecular complexity index is 1210. The molecule has 0 bridgehead atoms. The van der Waals surface area contributed by atoms with Crippen molar-refractivity contribution < 1.29 is 19.1 Å². The summed E-state index contributed by atoms with van der Waals surface area (Å²) in [6, 6.07) is 7.61. The normalized spacial score (nSPS) is 27.0. The Hall–Kier alpha value is -3.26. The van der Waals surface area contributed by atoms with Gasteiger partial charge in [0, 0.05) is 56.0 Å². The number of hydrogen-bond acceptors (Lipinski definition) is 6. The van der Waals surface area contributed by atoms with Gasteiger partial charge in [-0.15, -0.1) is 0 Å². The van der Waals surface area contributed by atoms with Crippen LogP contribution in [0.15, 0.2) is 36.7 Å². The van der Waals surface area contributed by atoms with Crippen molar-refractivity contribution in [2.45, 2.75) is 76.1 Å². The first-order valence-electron chi connectivity index (χ1n) is 13.1. The maximum absolute atomic E-state index is 13.0. The molecule has 1 N–H and O–H groups in total. The summed E-state index contributed by atoms with van der Waals surface area (Å²) >= 11 is 0. The second kappa shape index (κ2) is 9.32. The maximum Gasteiger partial charge on any atom is 0.255 e. The SMILES string of the molecule is Cc1cnccc1C1CN([C@@H]2CCCC[C@@H]2Oc2ccc3c(c2)CN(C2CCC(=O)NC2=O)C3=O)C1. The highest BCUT2D eigenvalue weighted by molar-refractivity contribution is 6.05. The van der Waals surface area contributed by atoms with E-state index >= 15 is 0 Å². The van der Waals surface area contributed by atoms with Crippen LogP contribution in [0.4, 0.5) is 0 Å². The van der Waals surface area contributed by atoms with Crippen molar-refractivity contribution in [1.82, 2.24) is 20.1 Å². The summed E-state index contributed by atoms with van der Waals surface area (Å²) in [5.74, 6) is 0.524. The van der Waals surface area contributed by atoms with Crippen LogP contribution in [0.5, 0.6) is 5.75 Å². The molecule has 0 radical (unpaired) electrons. The number of rotatable bonds is 5. The lowest BCUT2D eigenvalue weighted by Crippen LogP contribution is -2.57. The predicted molar refractivity (Wildman–Crippen MR) is 132 cm³/mol. The standard InChI is InChI=1S/C28H32N4O4/c1-17-13-29-11-10-21(17)19-14-31(15-19)23-4-2-3-5-25(23)36-20-6-7-22-18(12-20)16-32(28(22)35)24-8-9-26(33)30-27(24)34/h6-7,10-13,19,23-25H,2-5,8-9,14-16H2,1H3,(H,30,33,34)/t23-,24?,25+/m1/s1. The average Bonchev–Trinajstić information content (AvgIpc) is 3.16. The number of amides is 3. The van der Waals surface area contributed by atoms with E-state index < -0.39 is 6.04 Å². The molecule has 36 heavy (non-hydrogen) atoms. The molecule has 3 amide bonds. The lowest BCUT2D eigenvalue weighted by Gasteiger charge is -2.48.